The number of hydrogen-bond acceptors (Lipinski definition) is 4. The predicted molar refractivity (Wildman–Crippen MR) is 81.3 cm³/mol. The molecule has 3 nitrogen and oxygen atoms in total. The smallest absolute Gasteiger partial charge is 0.107 e. The van der Waals surface area contributed by atoms with Gasteiger partial charge in [0.25, 0.3) is 0 Å². The predicted octanol–water partition coefficient (Wildman–Crippen LogP) is 2.37. The van der Waals surface area contributed by atoms with Crippen molar-refractivity contribution in [3.8, 4) is 0 Å². The molecule has 0 aliphatic carbocycles. The second-order valence-electron chi connectivity index (χ2n) is 4.65. The van der Waals surface area contributed by atoms with Crippen LogP contribution in [-0.2, 0) is 19.4 Å². The molecule has 0 saturated heterocycles. The lowest BCUT2D eigenvalue weighted by Crippen LogP contribution is -2.35. The van der Waals surface area contributed by atoms with Gasteiger partial charge in [-0.2, -0.15) is 0 Å². The van der Waals surface area contributed by atoms with Gasteiger partial charge in [-0.05, 0) is 18.4 Å². The van der Waals surface area contributed by atoms with E-state index in [1.54, 1.807) is 11.3 Å². The minimum absolute atomic E-state index is 0.146. The summed E-state index contributed by atoms with van der Waals surface area (Å²) in [5, 5.41) is 4.52. The number of thiazole rings is 1. The van der Waals surface area contributed by atoms with Crippen LogP contribution in [0.15, 0.2) is 36.5 Å². The molecule has 0 aliphatic heterocycles. The topological polar surface area (TPSA) is 50.9 Å². The van der Waals surface area contributed by atoms with E-state index in [1.807, 2.05) is 12.3 Å². The van der Waals surface area contributed by atoms with Gasteiger partial charge in [-0.3, -0.25) is 0 Å². The van der Waals surface area contributed by atoms with Gasteiger partial charge >= 0.3 is 0 Å². The highest BCUT2D eigenvalue weighted by atomic mass is 32.1. The zero-order chi connectivity index (χ0) is 13.5. The second-order valence-corrected chi connectivity index (χ2v) is 5.85. The fraction of sp³-hybridized carbons (Fsp3) is 0.400. The molecule has 0 amide bonds. The average Bonchev–Trinajstić information content (AvgIpc) is 2.88. The highest BCUT2D eigenvalue weighted by molar-refractivity contribution is 7.11. The zero-order valence-corrected chi connectivity index (χ0v) is 12.1. The number of aryl methyl sites for hydroxylation is 1. The van der Waals surface area contributed by atoms with Gasteiger partial charge in [0.15, 0.2) is 0 Å². The lowest BCUT2D eigenvalue weighted by Gasteiger charge is -2.12. The Morgan fingerprint density at radius 2 is 2.11 bits per heavy atom. The van der Waals surface area contributed by atoms with E-state index in [-0.39, 0.29) is 6.04 Å². The Labute approximate surface area is 118 Å². The number of benzene rings is 1. The van der Waals surface area contributed by atoms with Crippen molar-refractivity contribution in [2.24, 2.45) is 5.73 Å². The van der Waals surface area contributed by atoms with E-state index in [0.29, 0.717) is 0 Å². The van der Waals surface area contributed by atoms with Gasteiger partial charge in [-0.15, -0.1) is 11.3 Å². The molecule has 2 aromatic rings. The molecule has 3 N–H and O–H groups in total. The summed E-state index contributed by atoms with van der Waals surface area (Å²) < 4.78 is 0. The number of rotatable bonds is 7. The third kappa shape index (κ3) is 4.74. The first-order chi connectivity index (χ1) is 9.28. The Balaban J connectivity index is 1.70. The van der Waals surface area contributed by atoms with Gasteiger partial charge < -0.3 is 11.1 Å². The summed E-state index contributed by atoms with van der Waals surface area (Å²) in [6.07, 6.45) is 3.93. The van der Waals surface area contributed by atoms with Crippen LogP contribution in [0.4, 0.5) is 0 Å². The number of nitrogens with two attached hydrogens (primary N) is 1. The van der Waals surface area contributed by atoms with E-state index in [0.717, 1.165) is 30.9 Å². The molecule has 1 atom stereocenters. The highest BCUT2D eigenvalue weighted by Gasteiger charge is 2.05. The van der Waals surface area contributed by atoms with Crippen molar-refractivity contribution in [3.63, 3.8) is 0 Å². The fourth-order valence-corrected chi connectivity index (χ4v) is 2.78. The first kappa shape index (κ1) is 14.2. The number of hydrogen-bond donors (Lipinski definition) is 2. The van der Waals surface area contributed by atoms with Crippen LogP contribution < -0.4 is 11.1 Å². The molecule has 1 aromatic carbocycles. The number of nitrogens with one attached hydrogen (secondary N) is 1. The van der Waals surface area contributed by atoms with Crippen LogP contribution in [0.3, 0.4) is 0 Å². The third-order valence-electron chi connectivity index (χ3n) is 2.97. The number of nitrogens with zero attached hydrogens (tertiary/aromatic N) is 1. The Hall–Kier alpha value is -1.23. The molecule has 19 heavy (non-hydrogen) atoms. The molecule has 102 valence electrons. The minimum atomic E-state index is 0.146. The summed E-state index contributed by atoms with van der Waals surface area (Å²) >= 11 is 1.77. The van der Waals surface area contributed by atoms with Crippen molar-refractivity contribution in [1.82, 2.24) is 10.3 Å². The van der Waals surface area contributed by atoms with Crippen molar-refractivity contribution in [3.05, 3.63) is 52.0 Å². The van der Waals surface area contributed by atoms with E-state index in [2.05, 4.69) is 41.5 Å². The summed E-state index contributed by atoms with van der Waals surface area (Å²) in [5.74, 6) is 0. The molecule has 4 heteroatoms. The average molecular weight is 275 g/mol. The van der Waals surface area contributed by atoms with Crippen LogP contribution in [0.5, 0.6) is 0 Å². The van der Waals surface area contributed by atoms with E-state index >= 15 is 0 Å². The molecule has 2 rings (SSSR count). The highest BCUT2D eigenvalue weighted by Crippen LogP contribution is 2.12. The van der Waals surface area contributed by atoms with Crippen LogP contribution in [0, 0.1) is 0 Å². The van der Waals surface area contributed by atoms with Gasteiger partial charge in [0.2, 0.25) is 0 Å². The first-order valence-corrected chi connectivity index (χ1v) is 7.53. The summed E-state index contributed by atoms with van der Waals surface area (Å²) in [5.41, 5.74) is 7.41. The second kappa shape index (κ2) is 7.38. The molecule has 0 spiro atoms. The molecule has 1 aromatic heterocycles. The van der Waals surface area contributed by atoms with E-state index in [1.165, 1.54) is 10.4 Å². The van der Waals surface area contributed by atoms with Gasteiger partial charge in [0.1, 0.15) is 5.01 Å². The van der Waals surface area contributed by atoms with Gasteiger partial charge in [-0.1, -0.05) is 37.3 Å². The van der Waals surface area contributed by atoms with Crippen LogP contribution in [0.1, 0.15) is 22.4 Å². The van der Waals surface area contributed by atoms with Crippen molar-refractivity contribution < 1.29 is 0 Å². The third-order valence-corrected chi connectivity index (χ3v) is 4.12. The lowest BCUT2D eigenvalue weighted by molar-refractivity contribution is 0.572. The SMILES string of the molecule is CCc1cnc(CNCC(N)Cc2ccccc2)s1. The van der Waals surface area contributed by atoms with E-state index in [9.17, 15) is 0 Å². The molecule has 0 bridgehead atoms. The van der Waals surface area contributed by atoms with Gasteiger partial charge in [0.05, 0.1) is 0 Å². The minimum Gasteiger partial charge on any atom is -0.326 e. The monoisotopic (exact) mass is 275 g/mol. The summed E-state index contributed by atoms with van der Waals surface area (Å²) in [4.78, 5) is 5.72. The Morgan fingerprint density at radius 3 is 2.79 bits per heavy atom. The molecular weight excluding hydrogens is 254 g/mol. The van der Waals surface area contributed by atoms with E-state index in [4.69, 9.17) is 5.73 Å². The number of aromatic nitrogens is 1. The summed E-state index contributed by atoms with van der Waals surface area (Å²) in [6, 6.07) is 10.5. The molecule has 1 heterocycles. The Morgan fingerprint density at radius 1 is 1.32 bits per heavy atom. The van der Waals surface area contributed by atoms with E-state index < -0.39 is 0 Å². The van der Waals surface area contributed by atoms with Crippen LogP contribution in [-0.4, -0.2) is 17.6 Å². The normalized spacial score (nSPS) is 12.5. The van der Waals surface area contributed by atoms with Crippen molar-refractivity contribution in [2.45, 2.75) is 32.4 Å². The Kier molecular flexibility index (Phi) is 5.51. The maximum atomic E-state index is 6.12. The maximum Gasteiger partial charge on any atom is 0.107 e. The van der Waals surface area contributed by atoms with Crippen LogP contribution >= 0.6 is 11.3 Å². The fourth-order valence-electron chi connectivity index (χ4n) is 1.95. The largest absolute Gasteiger partial charge is 0.326 e. The van der Waals surface area contributed by atoms with Gasteiger partial charge in [-0.25, -0.2) is 4.98 Å². The zero-order valence-electron chi connectivity index (χ0n) is 11.3. The first-order valence-electron chi connectivity index (χ1n) is 6.71. The Bertz CT molecular complexity index is 481. The van der Waals surface area contributed by atoms with Crippen molar-refractivity contribution >= 4 is 11.3 Å². The molecule has 0 aliphatic rings. The van der Waals surface area contributed by atoms with Crippen molar-refractivity contribution in [1.29, 1.82) is 0 Å². The molecule has 0 fully saturated rings. The van der Waals surface area contributed by atoms with Crippen LogP contribution in [0.2, 0.25) is 0 Å². The summed E-state index contributed by atoms with van der Waals surface area (Å²) in [7, 11) is 0. The van der Waals surface area contributed by atoms with Crippen molar-refractivity contribution in [2.75, 3.05) is 6.54 Å². The summed E-state index contributed by atoms with van der Waals surface area (Å²) in [6.45, 7) is 3.78. The quantitative estimate of drug-likeness (QED) is 0.815. The molecule has 0 radical (unpaired) electrons. The van der Waals surface area contributed by atoms with Gasteiger partial charge in [0, 0.05) is 30.2 Å². The molecule has 1 unspecified atom stereocenters. The molecule has 0 saturated carbocycles. The molecular formula is C15H21N3S. The standard InChI is InChI=1S/C15H21N3S/c1-2-14-10-18-15(19-14)11-17-9-13(16)8-12-6-4-3-5-7-12/h3-7,10,13,17H,2,8-9,11,16H2,1H3. The maximum absolute atomic E-state index is 6.12. The lowest BCUT2D eigenvalue weighted by atomic mass is 10.1. The van der Waals surface area contributed by atoms with Crippen LogP contribution in [0.25, 0.3) is 0 Å².